The van der Waals surface area contributed by atoms with Crippen molar-refractivity contribution in [1.82, 2.24) is 44.9 Å². The molecular weight excluding hydrogens is 779 g/mol. The van der Waals surface area contributed by atoms with Crippen LogP contribution >= 0.6 is 0 Å². The van der Waals surface area contributed by atoms with E-state index in [1.807, 2.05) is 7.05 Å². The van der Waals surface area contributed by atoms with Gasteiger partial charge in [0, 0.05) is 87.6 Å². The van der Waals surface area contributed by atoms with E-state index in [1.54, 1.807) is 0 Å². The Morgan fingerprint density at radius 1 is 0.492 bits per heavy atom. The summed E-state index contributed by atoms with van der Waals surface area (Å²) < 4.78 is 0. The maximum Gasteiger partial charge on any atom is 0.0912 e. The SMILES string of the molecule is C=C(N)N(C)C1CCN(C(C)C)CC1.C=C(N)NC1CCN(C(C)C)CC1.CC(C)N(C)C.CC(C)N1CCCCC1.CC1CCN(C(C)C)CC1.CNC1CCN(C(C)C)CC1. The molecule has 11 nitrogen and oxygen atoms in total. The fourth-order valence-corrected chi connectivity index (χ4v) is 8.53. The van der Waals surface area contributed by atoms with E-state index in [9.17, 15) is 0 Å². The zero-order valence-electron chi connectivity index (χ0n) is 45.3. The fourth-order valence-electron chi connectivity index (χ4n) is 8.53. The molecule has 5 saturated heterocycles. The minimum atomic E-state index is 0.535. The summed E-state index contributed by atoms with van der Waals surface area (Å²) in [5.74, 6) is 2.26. The van der Waals surface area contributed by atoms with Gasteiger partial charge < -0.3 is 56.4 Å². The predicted molar refractivity (Wildman–Crippen MR) is 280 cm³/mol. The molecule has 5 fully saturated rings. The van der Waals surface area contributed by atoms with E-state index in [2.05, 4.69) is 169 Å². The summed E-state index contributed by atoms with van der Waals surface area (Å²) >= 11 is 0. The lowest BCUT2D eigenvalue weighted by atomic mass is 9.98. The average molecular weight is 893 g/mol. The first-order chi connectivity index (χ1) is 29.5. The average Bonchev–Trinajstić information content (AvgIpc) is 3.25. The molecule has 11 heteroatoms. The van der Waals surface area contributed by atoms with Crippen LogP contribution in [-0.2, 0) is 0 Å². The van der Waals surface area contributed by atoms with Crippen molar-refractivity contribution in [3.05, 3.63) is 24.8 Å². The highest BCUT2D eigenvalue weighted by molar-refractivity contribution is 4.92. The lowest BCUT2D eigenvalue weighted by molar-refractivity contribution is 0.123. The van der Waals surface area contributed by atoms with Gasteiger partial charge in [-0.05, 0) is 214 Å². The first-order valence-corrected chi connectivity index (χ1v) is 25.9. The molecule has 0 aliphatic carbocycles. The Kier molecular flexibility index (Phi) is 33.8. The Balaban J connectivity index is 0.000000744. The molecule has 0 atom stereocenters. The van der Waals surface area contributed by atoms with Gasteiger partial charge in [0.1, 0.15) is 0 Å². The molecule has 0 aromatic rings. The first kappa shape index (κ1) is 61.4. The third-order valence-electron chi connectivity index (χ3n) is 14.2. The molecule has 5 rings (SSSR count). The van der Waals surface area contributed by atoms with Crippen LogP contribution in [-0.4, -0.2) is 182 Å². The highest BCUT2D eigenvalue weighted by Gasteiger charge is 2.24. The number of likely N-dealkylation sites (tertiary alicyclic amines) is 5. The molecule has 5 aliphatic rings. The van der Waals surface area contributed by atoms with Gasteiger partial charge in [-0.15, -0.1) is 0 Å². The van der Waals surface area contributed by atoms with E-state index in [0.29, 0.717) is 41.9 Å². The van der Waals surface area contributed by atoms with Crippen molar-refractivity contribution < 1.29 is 0 Å². The number of hydrogen-bond acceptors (Lipinski definition) is 11. The molecule has 0 spiro atoms. The van der Waals surface area contributed by atoms with Crippen molar-refractivity contribution in [2.75, 3.05) is 93.6 Å². The van der Waals surface area contributed by atoms with Gasteiger partial charge in [-0.1, -0.05) is 26.5 Å². The summed E-state index contributed by atoms with van der Waals surface area (Å²) in [7, 11) is 8.25. The Labute approximate surface area is 394 Å². The standard InChI is InChI=1S/C11H23N3.C10H21N3.C9H20N2.C9H19N.C8H17N.C5H13N/c1-9(2)14-7-5-11(6-8-14)13(4)10(3)12;1-8(2)13-6-4-10(5-7-13)12-9(3)11;1-8(2)11-6-4-9(10-3)5-7-11;1-8(2)10-6-4-9(3)5-7-10;1-8(2)9-6-4-3-5-7-9;1-5(2)6(3)4/h9,11H,3,5-8,12H2,1-2,4H3;8,10,12H,3-7,11H2,1-2H3;8-10H,4-7H2,1-3H3;8-9H,4-7H2,1-3H3;8H,3-7H2,1-2H3;5H,1-4H3. The van der Waals surface area contributed by atoms with Crippen molar-refractivity contribution in [2.45, 2.75) is 215 Å². The first-order valence-electron chi connectivity index (χ1n) is 25.9. The number of piperidine rings is 5. The molecule has 63 heavy (non-hydrogen) atoms. The predicted octanol–water partition coefficient (Wildman–Crippen LogP) is 8.14. The third-order valence-corrected chi connectivity index (χ3v) is 14.2. The van der Waals surface area contributed by atoms with Crippen LogP contribution in [0.4, 0.5) is 0 Å². The van der Waals surface area contributed by atoms with Gasteiger partial charge in [0.05, 0.1) is 11.6 Å². The molecule has 0 unspecified atom stereocenters. The Morgan fingerprint density at radius 2 is 0.794 bits per heavy atom. The molecule has 0 bridgehead atoms. The maximum absolute atomic E-state index is 5.68. The highest BCUT2D eigenvalue weighted by atomic mass is 15.2. The summed E-state index contributed by atoms with van der Waals surface area (Å²) in [5, 5.41) is 6.53. The van der Waals surface area contributed by atoms with E-state index >= 15 is 0 Å². The molecule has 0 aromatic carbocycles. The molecule has 0 radical (unpaired) electrons. The number of nitrogens with zero attached hydrogens (tertiary/aromatic N) is 7. The van der Waals surface area contributed by atoms with Crippen molar-refractivity contribution in [2.24, 2.45) is 17.4 Å². The van der Waals surface area contributed by atoms with Crippen LogP contribution in [0.25, 0.3) is 0 Å². The lowest BCUT2D eigenvalue weighted by Crippen LogP contribution is -2.46. The molecule has 0 aromatic heterocycles. The van der Waals surface area contributed by atoms with Crippen molar-refractivity contribution >= 4 is 0 Å². The maximum atomic E-state index is 5.68. The van der Waals surface area contributed by atoms with Gasteiger partial charge in [-0.2, -0.15) is 0 Å². The monoisotopic (exact) mass is 892 g/mol. The van der Waals surface area contributed by atoms with E-state index in [-0.39, 0.29) is 0 Å². The van der Waals surface area contributed by atoms with Crippen LogP contribution in [0.5, 0.6) is 0 Å². The Morgan fingerprint density at radius 3 is 1.06 bits per heavy atom. The number of nitrogens with two attached hydrogens (primary N) is 2. The summed E-state index contributed by atoms with van der Waals surface area (Å²) in [5.41, 5.74) is 11.2. The highest BCUT2D eigenvalue weighted by Crippen LogP contribution is 2.19. The van der Waals surface area contributed by atoms with Crippen LogP contribution in [0, 0.1) is 5.92 Å². The molecule has 0 amide bonds. The molecule has 0 saturated carbocycles. The van der Waals surface area contributed by atoms with Crippen molar-refractivity contribution in [3.63, 3.8) is 0 Å². The van der Waals surface area contributed by atoms with E-state index in [0.717, 1.165) is 30.1 Å². The van der Waals surface area contributed by atoms with Crippen molar-refractivity contribution in [3.8, 4) is 0 Å². The third kappa shape index (κ3) is 28.9. The van der Waals surface area contributed by atoms with E-state index in [1.165, 1.54) is 136 Å². The molecule has 5 aliphatic heterocycles. The minimum Gasteiger partial charge on any atom is -0.386 e. The molecule has 5 heterocycles. The summed E-state index contributed by atoms with van der Waals surface area (Å²) in [4.78, 5) is 17.0. The quantitative estimate of drug-likeness (QED) is 0.162. The smallest absolute Gasteiger partial charge is 0.0912 e. The van der Waals surface area contributed by atoms with Gasteiger partial charge in [0.15, 0.2) is 0 Å². The van der Waals surface area contributed by atoms with Crippen LogP contribution in [0.1, 0.15) is 161 Å². The number of hydrogen-bond donors (Lipinski definition) is 4. The van der Waals surface area contributed by atoms with E-state index < -0.39 is 0 Å². The topological polar surface area (TPSA) is 98.8 Å². The van der Waals surface area contributed by atoms with Gasteiger partial charge in [-0.3, -0.25) is 0 Å². The molecule has 376 valence electrons. The summed E-state index contributed by atoms with van der Waals surface area (Å²) in [6.07, 6.45) is 14.5. The number of rotatable bonds is 11. The Hall–Kier alpha value is -1.60. The Bertz CT molecular complexity index is 1080. The second-order valence-electron chi connectivity index (χ2n) is 21.3. The fraction of sp³-hybridized carbons (Fsp3) is 0.923. The summed E-state index contributed by atoms with van der Waals surface area (Å²) in [6.45, 7) is 49.4. The van der Waals surface area contributed by atoms with Gasteiger partial charge >= 0.3 is 0 Å². The largest absolute Gasteiger partial charge is 0.386 e. The van der Waals surface area contributed by atoms with Crippen LogP contribution in [0.2, 0.25) is 0 Å². The lowest BCUT2D eigenvalue weighted by Gasteiger charge is -2.39. The normalized spacial score (nSPS) is 20.8. The summed E-state index contributed by atoms with van der Waals surface area (Å²) in [6, 6.07) is 6.17. The molecular formula is C52H113N11. The van der Waals surface area contributed by atoms with Crippen LogP contribution in [0.3, 0.4) is 0 Å². The van der Waals surface area contributed by atoms with Crippen molar-refractivity contribution in [1.29, 1.82) is 0 Å². The zero-order valence-corrected chi connectivity index (χ0v) is 45.3. The van der Waals surface area contributed by atoms with E-state index in [4.69, 9.17) is 11.5 Å². The van der Waals surface area contributed by atoms with Gasteiger partial charge in [0.2, 0.25) is 0 Å². The van der Waals surface area contributed by atoms with Gasteiger partial charge in [-0.25, -0.2) is 0 Å². The second-order valence-corrected chi connectivity index (χ2v) is 21.3. The van der Waals surface area contributed by atoms with Crippen LogP contribution in [0.15, 0.2) is 24.8 Å². The molecule has 6 N–H and O–H groups in total. The van der Waals surface area contributed by atoms with Gasteiger partial charge in [0.25, 0.3) is 0 Å². The zero-order chi connectivity index (χ0) is 48.2. The number of nitrogens with one attached hydrogen (secondary N) is 2. The van der Waals surface area contributed by atoms with Crippen LogP contribution < -0.4 is 22.1 Å². The second kappa shape index (κ2) is 34.7. The minimum absolute atomic E-state index is 0.535.